The van der Waals surface area contributed by atoms with E-state index in [1.165, 1.54) is 0 Å². The van der Waals surface area contributed by atoms with E-state index in [9.17, 15) is 14.7 Å². The van der Waals surface area contributed by atoms with Gasteiger partial charge in [-0.25, -0.2) is 0 Å². The van der Waals surface area contributed by atoms with E-state index in [-0.39, 0.29) is 43.0 Å². The summed E-state index contributed by atoms with van der Waals surface area (Å²) in [4.78, 5) is 23.8. The first kappa shape index (κ1) is 22.5. The van der Waals surface area contributed by atoms with Crippen LogP contribution in [0.15, 0.2) is 46.9 Å². The molecular weight excluding hydrogens is 471 g/mol. The lowest BCUT2D eigenvalue weighted by Gasteiger charge is -2.14. The van der Waals surface area contributed by atoms with Crippen molar-refractivity contribution in [2.75, 3.05) is 19.7 Å². The summed E-state index contributed by atoms with van der Waals surface area (Å²) in [6.07, 6.45) is -0.827. The highest BCUT2D eigenvalue weighted by atomic mass is 79.9. The number of nitrogens with one attached hydrogen (secondary N) is 2. The van der Waals surface area contributed by atoms with E-state index in [0.29, 0.717) is 16.3 Å². The van der Waals surface area contributed by atoms with Gasteiger partial charge in [-0.1, -0.05) is 45.2 Å². The number of rotatable bonds is 9. The van der Waals surface area contributed by atoms with Crippen LogP contribution in [0.3, 0.4) is 0 Å². The van der Waals surface area contributed by atoms with Crippen molar-refractivity contribution in [1.29, 1.82) is 0 Å². The molecule has 6 nitrogen and oxygen atoms in total. The highest BCUT2D eigenvalue weighted by Gasteiger charge is 2.11. The van der Waals surface area contributed by atoms with Gasteiger partial charge in [0.1, 0.15) is 23.5 Å². The zero-order chi connectivity index (χ0) is 20.5. The summed E-state index contributed by atoms with van der Waals surface area (Å²) in [5.74, 6) is -0.196. The fourth-order valence-corrected chi connectivity index (χ4v) is 2.76. The van der Waals surface area contributed by atoms with Gasteiger partial charge >= 0.3 is 0 Å². The van der Waals surface area contributed by atoms with Gasteiger partial charge in [-0.2, -0.15) is 0 Å². The van der Waals surface area contributed by atoms with Crippen molar-refractivity contribution in [2.24, 2.45) is 0 Å². The Hall–Kier alpha value is -1.80. The number of halogens is 3. The van der Waals surface area contributed by atoms with Crippen molar-refractivity contribution in [2.45, 2.75) is 12.5 Å². The molecule has 0 heterocycles. The molecule has 1 atom stereocenters. The average molecular weight is 490 g/mol. The Kier molecular flexibility index (Phi) is 9.05. The smallest absolute Gasteiger partial charge is 0.251 e. The summed E-state index contributed by atoms with van der Waals surface area (Å²) in [6.45, 7) is 0.143. The first-order valence-corrected chi connectivity index (χ1v) is 9.97. The van der Waals surface area contributed by atoms with Crippen LogP contribution in [0.1, 0.15) is 16.8 Å². The molecule has 0 aliphatic carbocycles. The van der Waals surface area contributed by atoms with Gasteiger partial charge < -0.3 is 20.5 Å². The maximum atomic E-state index is 11.9. The average Bonchev–Trinajstić information content (AvgIpc) is 2.68. The lowest BCUT2D eigenvalue weighted by atomic mass is 10.2. The fourth-order valence-electron chi connectivity index (χ4n) is 2.15. The molecule has 2 amide bonds. The van der Waals surface area contributed by atoms with Crippen molar-refractivity contribution in [3.8, 4) is 5.75 Å². The second-order valence-corrected chi connectivity index (χ2v) is 7.53. The maximum Gasteiger partial charge on any atom is 0.251 e. The van der Waals surface area contributed by atoms with Crippen LogP contribution in [0.5, 0.6) is 5.75 Å². The van der Waals surface area contributed by atoms with Crippen LogP contribution in [-0.4, -0.2) is 42.7 Å². The number of amides is 2. The second kappa shape index (κ2) is 11.3. The minimum absolute atomic E-state index is 0.0116. The molecule has 0 aromatic heterocycles. The molecule has 9 heteroatoms. The van der Waals surface area contributed by atoms with Crippen LogP contribution in [0.25, 0.3) is 0 Å². The van der Waals surface area contributed by atoms with Gasteiger partial charge in [0.05, 0.1) is 5.02 Å². The number of carbonyl (C=O) groups excluding carboxylic acids is 2. The zero-order valence-corrected chi connectivity index (χ0v) is 17.9. The molecule has 3 N–H and O–H groups in total. The van der Waals surface area contributed by atoms with Crippen LogP contribution in [0.2, 0.25) is 10.0 Å². The van der Waals surface area contributed by atoms with E-state index in [1.54, 1.807) is 42.5 Å². The minimum Gasteiger partial charge on any atom is -0.489 e. The van der Waals surface area contributed by atoms with E-state index in [4.69, 9.17) is 27.9 Å². The molecule has 0 aliphatic heterocycles. The van der Waals surface area contributed by atoms with Gasteiger partial charge in [0, 0.05) is 29.5 Å². The number of hydrogen-bond donors (Lipinski definition) is 3. The molecule has 150 valence electrons. The summed E-state index contributed by atoms with van der Waals surface area (Å²) >= 11 is 15.2. The largest absolute Gasteiger partial charge is 0.489 e. The van der Waals surface area contributed by atoms with Gasteiger partial charge in [-0.05, 0) is 36.4 Å². The number of aliphatic hydroxyl groups is 1. The van der Waals surface area contributed by atoms with E-state index in [0.717, 1.165) is 4.47 Å². The molecule has 0 radical (unpaired) electrons. The molecular formula is C19H19BrCl2N2O4. The standard InChI is InChI=1S/C19H19BrCl2N2O4/c20-13-6-4-12(5-7-13)19(27)23-9-8-17(26)24-10-14(25)11-28-16-3-1-2-15(21)18(16)22/h1-7,14,25H,8-11H2,(H,23,27)(H,24,26). The highest BCUT2D eigenvalue weighted by Crippen LogP contribution is 2.31. The quantitative estimate of drug-likeness (QED) is 0.503. The summed E-state index contributed by atoms with van der Waals surface area (Å²) < 4.78 is 6.28. The molecule has 28 heavy (non-hydrogen) atoms. The van der Waals surface area contributed by atoms with E-state index < -0.39 is 6.10 Å². The third-order valence-electron chi connectivity index (χ3n) is 3.63. The Balaban J connectivity index is 1.64. The number of benzene rings is 2. The molecule has 0 saturated carbocycles. The van der Waals surface area contributed by atoms with E-state index in [2.05, 4.69) is 26.6 Å². The van der Waals surface area contributed by atoms with Crippen molar-refractivity contribution in [3.63, 3.8) is 0 Å². The summed E-state index contributed by atoms with van der Waals surface area (Å²) in [5, 5.41) is 15.8. The molecule has 0 saturated heterocycles. The molecule has 0 spiro atoms. The van der Waals surface area contributed by atoms with Crippen molar-refractivity contribution < 1.29 is 19.4 Å². The van der Waals surface area contributed by atoms with Gasteiger partial charge in [0.25, 0.3) is 5.91 Å². The monoisotopic (exact) mass is 488 g/mol. The van der Waals surface area contributed by atoms with Crippen LogP contribution in [0, 0.1) is 0 Å². The third kappa shape index (κ3) is 7.31. The fraction of sp³-hybridized carbons (Fsp3) is 0.263. The Morgan fingerprint density at radius 1 is 1.11 bits per heavy atom. The Bertz CT molecular complexity index is 818. The number of hydrogen-bond acceptors (Lipinski definition) is 4. The maximum absolute atomic E-state index is 11.9. The second-order valence-electron chi connectivity index (χ2n) is 5.83. The normalized spacial score (nSPS) is 11.6. The molecule has 1 unspecified atom stereocenters. The number of aliphatic hydroxyl groups excluding tert-OH is 1. The molecule has 2 rings (SSSR count). The molecule has 0 aliphatic rings. The van der Waals surface area contributed by atoms with Crippen molar-refractivity contribution in [3.05, 3.63) is 62.5 Å². The van der Waals surface area contributed by atoms with Crippen molar-refractivity contribution in [1.82, 2.24) is 10.6 Å². The number of ether oxygens (including phenoxy) is 1. The molecule has 2 aromatic rings. The summed E-state index contributed by atoms with van der Waals surface area (Å²) in [5.41, 5.74) is 0.510. The Labute approximate surface area is 181 Å². The van der Waals surface area contributed by atoms with Gasteiger partial charge in [0.2, 0.25) is 5.91 Å². The van der Waals surface area contributed by atoms with E-state index >= 15 is 0 Å². The highest BCUT2D eigenvalue weighted by molar-refractivity contribution is 9.10. The summed E-state index contributed by atoms with van der Waals surface area (Å²) in [7, 11) is 0. The zero-order valence-electron chi connectivity index (χ0n) is 14.8. The molecule has 0 fully saturated rings. The third-order valence-corrected chi connectivity index (χ3v) is 4.96. The van der Waals surface area contributed by atoms with Crippen molar-refractivity contribution >= 4 is 50.9 Å². The summed E-state index contributed by atoms with van der Waals surface area (Å²) in [6, 6.07) is 11.8. The van der Waals surface area contributed by atoms with Gasteiger partial charge in [0.15, 0.2) is 0 Å². The number of carbonyl (C=O) groups is 2. The van der Waals surface area contributed by atoms with Gasteiger partial charge in [-0.15, -0.1) is 0 Å². The Morgan fingerprint density at radius 3 is 2.54 bits per heavy atom. The molecule has 2 aromatic carbocycles. The predicted octanol–water partition coefficient (Wildman–Crippen LogP) is 3.43. The van der Waals surface area contributed by atoms with Crippen LogP contribution < -0.4 is 15.4 Å². The van der Waals surface area contributed by atoms with Crippen LogP contribution in [0.4, 0.5) is 0 Å². The first-order valence-electron chi connectivity index (χ1n) is 8.42. The van der Waals surface area contributed by atoms with Gasteiger partial charge in [-0.3, -0.25) is 9.59 Å². The lowest BCUT2D eigenvalue weighted by Crippen LogP contribution is -2.37. The minimum atomic E-state index is -0.920. The van der Waals surface area contributed by atoms with E-state index in [1.807, 2.05) is 0 Å². The Morgan fingerprint density at radius 2 is 1.82 bits per heavy atom. The van der Waals surface area contributed by atoms with Crippen LogP contribution >= 0.6 is 39.1 Å². The molecule has 0 bridgehead atoms. The lowest BCUT2D eigenvalue weighted by molar-refractivity contribution is -0.121. The SMILES string of the molecule is O=C(CCNC(=O)c1ccc(Br)cc1)NCC(O)COc1cccc(Cl)c1Cl. The topological polar surface area (TPSA) is 87.7 Å². The first-order chi connectivity index (χ1) is 13.4. The van der Waals surface area contributed by atoms with Crippen LogP contribution in [-0.2, 0) is 4.79 Å². The predicted molar refractivity (Wildman–Crippen MR) is 112 cm³/mol.